The Balaban J connectivity index is 1.34. The fourth-order valence-corrected chi connectivity index (χ4v) is 4.75. The molecule has 3 heterocycles. The summed E-state index contributed by atoms with van der Waals surface area (Å²) in [6.07, 6.45) is 2.22. The van der Waals surface area contributed by atoms with Crippen LogP contribution in [0.2, 0.25) is 0 Å². The third-order valence-corrected chi connectivity index (χ3v) is 6.53. The number of urea groups is 1. The second-order valence-electron chi connectivity index (χ2n) is 8.87. The number of benzene rings is 2. The fraction of sp³-hybridized carbons (Fsp3) is 0.222. The molecular formula is C27H26N4O3. The molecule has 1 fully saturated rings. The van der Waals surface area contributed by atoms with Gasteiger partial charge in [-0.05, 0) is 50.6 Å². The maximum absolute atomic E-state index is 13.2. The molecule has 2 aromatic heterocycles. The number of aryl methyl sites for hydroxylation is 2. The highest BCUT2D eigenvalue weighted by Gasteiger charge is 2.39. The number of Topliss-reactive ketones (excluding diaryl/α,β-unsaturated/α-hetero) is 1. The quantitative estimate of drug-likeness (QED) is 0.338. The number of nitrogens with one attached hydrogen (secondary N) is 2. The number of aromatic nitrogens is 2. The molecular weight excluding hydrogens is 428 g/mol. The Hall–Kier alpha value is -4.13. The fourth-order valence-electron chi connectivity index (χ4n) is 4.75. The lowest BCUT2D eigenvalue weighted by atomic mass is 10.0. The zero-order valence-electron chi connectivity index (χ0n) is 19.4. The minimum Gasteiger partial charge on any atom is -0.361 e. The molecule has 172 valence electrons. The van der Waals surface area contributed by atoms with E-state index in [1.165, 1.54) is 0 Å². The highest BCUT2D eigenvalue weighted by atomic mass is 16.2. The summed E-state index contributed by atoms with van der Waals surface area (Å²) in [5.41, 5.74) is 6.26. The molecule has 2 N–H and O–H groups in total. The minimum atomic E-state index is -0.695. The van der Waals surface area contributed by atoms with Gasteiger partial charge in [-0.1, -0.05) is 35.9 Å². The summed E-state index contributed by atoms with van der Waals surface area (Å²) < 4.78 is 2.01. The molecule has 7 nitrogen and oxygen atoms in total. The third kappa shape index (κ3) is 3.69. The molecule has 3 amide bonds. The van der Waals surface area contributed by atoms with Crippen molar-refractivity contribution < 1.29 is 14.4 Å². The molecule has 0 spiro atoms. The Bertz CT molecular complexity index is 1430. The normalized spacial score (nSPS) is 15.9. The molecule has 34 heavy (non-hydrogen) atoms. The molecule has 0 aliphatic carbocycles. The molecule has 2 aromatic carbocycles. The van der Waals surface area contributed by atoms with Crippen LogP contribution >= 0.6 is 0 Å². The van der Waals surface area contributed by atoms with E-state index in [2.05, 4.69) is 10.3 Å². The number of ketones is 1. The number of hydrogen-bond donors (Lipinski definition) is 2. The average Bonchev–Trinajstić information content (AvgIpc) is 3.45. The summed E-state index contributed by atoms with van der Waals surface area (Å²) in [5.74, 6) is -0.640. The van der Waals surface area contributed by atoms with Crippen molar-refractivity contribution in [3.63, 3.8) is 0 Å². The number of nitrogens with zero attached hydrogens (tertiary/aromatic N) is 2. The largest absolute Gasteiger partial charge is 0.361 e. The van der Waals surface area contributed by atoms with Gasteiger partial charge in [-0.2, -0.15) is 0 Å². The number of hydrogen-bond acceptors (Lipinski definition) is 3. The van der Waals surface area contributed by atoms with Gasteiger partial charge >= 0.3 is 6.03 Å². The SMILES string of the molecule is Cc1ccc(-n2c(C)cc(C(=O)CN3C(=O)N[C@@H](Cc4c[nH]c5ccccc45)C3=O)c2C)cc1. The van der Waals surface area contributed by atoms with E-state index in [0.717, 1.165) is 44.0 Å². The van der Waals surface area contributed by atoms with Crippen molar-refractivity contribution in [1.29, 1.82) is 0 Å². The summed E-state index contributed by atoms with van der Waals surface area (Å²) in [6, 6.07) is 16.5. The van der Waals surface area contributed by atoms with Gasteiger partial charge in [0, 0.05) is 46.2 Å². The molecule has 0 saturated carbocycles. The summed E-state index contributed by atoms with van der Waals surface area (Å²) in [7, 11) is 0. The van der Waals surface area contributed by atoms with Crippen LogP contribution in [-0.4, -0.2) is 44.8 Å². The van der Waals surface area contributed by atoms with Crippen LogP contribution in [-0.2, 0) is 11.2 Å². The molecule has 0 radical (unpaired) electrons. The number of H-pyrrole nitrogens is 1. The molecule has 5 rings (SSSR count). The number of imide groups is 1. The van der Waals surface area contributed by atoms with Crippen LogP contribution in [0, 0.1) is 20.8 Å². The van der Waals surface area contributed by atoms with Crippen molar-refractivity contribution in [2.75, 3.05) is 6.54 Å². The number of carbonyl (C=O) groups excluding carboxylic acids is 3. The number of fused-ring (bicyclic) bond motifs is 1. The van der Waals surface area contributed by atoms with Crippen LogP contribution < -0.4 is 5.32 Å². The van der Waals surface area contributed by atoms with Gasteiger partial charge in [0.1, 0.15) is 6.04 Å². The molecule has 0 bridgehead atoms. The highest BCUT2D eigenvalue weighted by molar-refractivity contribution is 6.09. The van der Waals surface area contributed by atoms with Gasteiger partial charge in [-0.25, -0.2) is 4.79 Å². The lowest BCUT2D eigenvalue weighted by molar-refractivity contribution is -0.127. The molecule has 1 aliphatic heterocycles. The molecule has 1 aliphatic rings. The standard InChI is InChI=1S/C27H26N4O3/c1-16-8-10-20(11-9-16)31-17(2)12-22(18(31)3)25(32)15-30-26(33)24(29-27(30)34)13-19-14-28-23-7-5-4-6-21(19)23/h4-12,14,24,28H,13,15H2,1-3H3,(H,29,34)/t24-/m0/s1. The van der Waals surface area contributed by atoms with Crippen molar-refractivity contribution in [3.8, 4) is 5.69 Å². The smallest absolute Gasteiger partial charge is 0.325 e. The monoisotopic (exact) mass is 454 g/mol. The number of amides is 3. The molecule has 7 heteroatoms. The van der Waals surface area contributed by atoms with Crippen LogP contribution in [0.15, 0.2) is 60.8 Å². The van der Waals surface area contributed by atoms with Gasteiger partial charge < -0.3 is 14.9 Å². The van der Waals surface area contributed by atoms with Gasteiger partial charge in [0.25, 0.3) is 5.91 Å². The Kier molecular flexibility index (Phi) is 5.32. The van der Waals surface area contributed by atoms with E-state index in [0.29, 0.717) is 12.0 Å². The molecule has 0 unspecified atom stereocenters. The average molecular weight is 455 g/mol. The number of para-hydroxylation sites is 1. The number of rotatable bonds is 6. The van der Waals surface area contributed by atoms with Crippen molar-refractivity contribution in [2.24, 2.45) is 0 Å². The van der Waals surface area contributed by atoms with Crippen LogP contribution in [0.5, 0.6) is 0 Å². The van der Waals surface area contributed by atoms with Gasteiger partial charge in [-0.3, -0.25) is 14.5 Å². The minimum absolute atomic E-state index is 0.261. The first-order chi connectivity index (χ1) is 16.3. The lowest BCUT2D eigenvalue weighted by Crippen LogP contribution is -2.36. The van der Waals surface area contributed by atoms with E-state index in [1.807, 2.05) is 86.1 Å². The van der Waals surface area contributed by atoms with Crippen molar-refractivity contribution in [3.05, 3.63) is 88.9 Å². The van der Waals surface area contributed by atoms with Crippen LogP contribution in [0.25, 0.3) is 16.6 Å². The van der Waals surface area contributed by atoms with E-state index >= 15 is 0 Å². The Morgan fingerprint density at radius 2 is 1.74 bits per heavy atom. The third-order valence-electron chi connectivity index (χ3n) is 6.53. The van der Waals surface area contributed by atoms with Gasteiger partial charge in [-0.15, -0.1) is 0 Å². The number of aromatic amines is 1. The van der Waals surface area contributed by atoms with Gasteiger partial charge in [0.2, 0.25) is 0 Å². The van der Waals surface area contributed by atoms with E-state index in [9.17, 15) is 14.4 Å². The Morgan fingerprint density at radius 1 is 1.00 bits per heavy atom. The van der Waals surface area contributed by atoms with Gasteiger partial charge in [0.15, 0.2) is 5.78 Å². The Morgan fingerprint density at radius 3 is 2.50 bits per heavy atom. The molecule has 1 saturated heterocycles. The van der Waals surface area contributed by atoms with Crippen molar-refractivity contribution >= 4 is 28.6 Å². The molecule has 1 atom stereocenters. The molecule has 4 aromatic rings. The predicted octanol–water partition coefficient (Wildman–Crippen LogP) is 4.23. The highest BCUT2D eigenvalue weighted by Crippen LogP contribution is 2.24. The second-order valence-corrected chi connectivity index (χ2v) is 8.87. The maximum Gasteiger partial charge on any atom is 0.325 e. The topological polar surface area (TPSA) is 87.2 Å². The van der Waals surface area contributed by atoms with Crippen LogP contribution in [0.3, 0.4) is 0 Å². The first-order valence-corrected chi connectivity index (χ1v) is 11.3. The predicted molar refractivity (Wildman–Crippen MR) is 130 cm³/mol. The Labute approximate surface area is 197 Å². The van der Waals surface area contributed by atoms with Crippen molar-refractivity contribution in [2.45, 2.75) is 33.2 Å². The van der Waals surface area contributed by atoms with E-state index in [1.54, 1.807) is 0 Å². The summed E-state index contributed by atoms with van der Waals surface area (Å²) in [5, 5.41) is 3.76. The summed E-state index contributed by atoms with van der Waals surface area (Å²) in [6.45, 7) is 5.56. The first kappa shape index (κ1) is 21.7. The lowest BCUT2D eigenvalue weighted by Gasteiger charge is -2.13. The van der Waals surface area contributed by atoms with Crippen LogP contribution in [0.1, 0.15) is 32.9 Å². The van der Waals surface area contributed by atoms with E-state index in [4.69, 9.17) is 0 Å². The van der Waals surface area contributed by atoms with E-state index < -0.39 is 12.1 Å². The second kappa shape index (κ2) is 8.33. The maximum atomic E-state index is 13.2. The zero-order valence-corrected chi connectivity index (χ0v) is 19.4. The number of carbonyl (C=O) groups is 3. The van der Waals surface area contributed by atoms with Crippen molar-refractivity contribution in [1.82, 2.24) is 19.8 Å². The first-order valence-electron chi connectivity index (χ1n) is 11.3. The summed E-state index contributed by atoms with van der Waals surface area (Å²) in [4.78, 5) is 43.0. The zero-order chi connectivity index (χ0) is 24.0. The summed E-state index contributed by atoms with van der Waals surface area (Å²) >= 11 is 0. The van der Waals surface area contributed by atoms with E-state index in [-0.39, 0.29) is 18.2 Å². The van der Waals surface area contributed by atoms with Gasteiger partial charge in [0.05, 0.1) is 6.54 Å². The van der Waals surface area contributed by atoms with Crippen LogP contribution in [0.4, 0.5) is 4.79 Å².